The molecule has 136 valence electrons. The Morgan fingerprint density at radius 2 is 1.92 bits per heavy atom. The predicted molar refractivity (Wildman–Crippen MR) is 97.6 cm³/mol. The molecule has 9 heteroatoms. The highest BCUT2D eigenvalue weighted by atomic mass is 19.1. The van der Waals surface area contributed by atoms with Gasteiger partial charge in [-0.3, -0.25) is 4.90 Å². The Labute approximate surface area is 150 Å². The second kappa shape index (κ2) is 6.08. The summed E-state index contributed by atoms with van der Waals surface area (Å²) < 4.78 is 16.6. The van der Waals surface area contributed by atoms with Crippen LogP contribution >= 0.6 is 0 Å². The molecular formula is C17H21FN8. The van der Waals surface area contributed by atoms with E-state index in [0.717, 1.165) is 37.8 Å². The fourth-order valence-electron chi connectivity index (χ4n) is 3.76. The number of rotatable bonds is 2. The summed E-state index contributed by atoms with van der Waals surface area (Å²) in [6.07, 6.45) is 6.34. The van der Waals surface area contributed by atoms with Crippen molar-refractivity contribution < 1.29 is 4.39 Å². The fraction of sp³-hybridized carbons (Fsp3) is 0.412. The number of anilines is 1. The maximum absolute atomic E-state index is 15.0. The number of nitrogens with zero attached hydrogens (tertiary/aromatic N) is 6. The summed E-state index contributed by atoms with van der Waals surface area (Å²) in [7, 11) is 0. The molecule has 1 saturated carbocycles. The number of aliphatic imine (C=N–C) groups is 2. The van der Waals surface area contributed by atoms with Crippen molar-refractivity contribution in [2.75, 3.05) is 4.90 Å². The topological polar surface area (TPSA) is 111 Å². The summed E-state index contributed by atoms with van der Waals surface area (Å²) in [5.41, 5.74) is 13.0. The van der Waals surface area contributed by atoms with Crippen LogP contribution in [-0.2, 0) is 0 Å². The molecule has 2 aromatic rings. The Morgan fingerprint density at radius 1 is 1.15 bits per heavy atom. The molecule has 26 heavy (non-hydrogen) atoms. The van der Waals surface area contributed by atoms with Gasteiger partial charge in [0.25, 0.3) is 0 Å². The minimum Gasteiger partial charge on any atom is -0.369 e. The van der Waals surface area contributed by atoms with Gasteiger partial charge in [-0.2, -0.15) is 4.99 Å². The monoisotopic (exact) mass is 356 g/mol. The van der Waals surface area contributed by atoms with Gasteiger partial charge in [0.1, 0.15) is 11.5 Å². The number of aryl methyl sites for hydroxylation is 1. The highest BCUT2D eigenvalue weighted by Gasteiger charge is 2.43. The first kappa shape index (κ1) is 16.5. The van der Waals surface area contributed by atoms with Gasteiger partial charge in [-0.1, -0.05) is 11.6 Å². The van der Waals surface area contributed by atoms with E-state index in [1.54, 1.807) is 23.2 Å². The van der Waals surface area contributed by atoms with Crippen molar-refractivity contribution >= 4 is 17.6 Å². The SMILES string of the molecule is Cc1cn(-c2ccc(N3C(N)=NC(N)=NC34CCCCC4)c(F)c2)nn1. The quantitative estimate of drug-likeness (QED) is 0.853. The van der Waals surface area contributed by atoms with Gasteiger partial charge in [-0.05, 0) is 44.7 Å². The molecule has 4 rings (SSSR count). The average molecular weight is 356 g/mol. The van der Waals surface area contributed by atoms with E-state index in [4.69, 9.17) is 11.5 Å². The van der Waals surface area contributed by atoms with Crippen LogP contribution in [0.4, 0.5) is 10.1 Å². The van der Waals surface area contributed by atoms with E-state index in [1.165, 1.54) is 10.7 Å². The third-order valence-electron chi connectivity index (χ3n) is 4.90. The number of guanidine groups is 2. The molecule has 0 bridgehead atoms. The number of benzene rings is 1. The highest BCUT2D eigenvalue weighted by Crippen LogP contribution is 2.40. The van der Waals surface area contributed by atoms with E-state index >= 15 is 4.39 Å². The van der Waals surface area contributed by atoms with Gasteiger partial charge in [-0.25, -0.2) is 14.1 Å². The number of nitrogens with two attached hydrogens (primary N) is 2. The number of hydrogen-bond acceptors (Lipinski definition) is 7. The average Bonchev–Trinajstić information content (AvgIpc) is 3.03. The van der Waals surface area contributed by atoms with Crippen LogP contribution in [0.15, 0.2) is 34.4 Å². The lowest BCUT2D eigenvalue weighted by Crippen LogP contribution is -2.58. The zero-order valence-corrected chi connectivity index (χ0v) is 14.6. The minimum absolute atomic E-state index is 0.149. The first-order chi connectivity index (χ1) is 12.5. The van der Waals surface area contributed by atoms with Gasteiger partial charge in [0, 0.05) is 6.07 Å². The van der Waals surface area contributed by atoms with Crippen LogP contribution in [0.25, 0.3) is 5.69 Å². The summed E-state index contributed by atoms with van der Waals surface area (Å²) in [4.78, 5) is 10.3. The van der Waals surface area contributed by atoms with Gasteiger partial charge in [-0.15, -0.1) is 5.10 Å². The van der Waals surface area contributed by atoms with Gasteiger partial charge >= 0.3 is 0 Å². The normalized spacial score (nSPS) is 19.4. The minimum atomic E-state index is -0.666. The largest absolute Gasteiger partial charge is 0.369 e. The molecular weight excluding hydrogens is 335 g/mol. The van der Waals surface area contributed by atoms with Crippen LogP contribution in [0.5, 0.6) is 0 Å². The van der Waals surface area contributed by atoms with Gasteiger partial charge in [0.05, 0.1) is 23.3 Å². The summed E-state index contributed by atoms with van der Waals surface area (Å²) >= 11 is 0. The Hall–Kier alpha value is -2.97. The molecule has 4 N–H and O–H groups in total. The molecule has 1 aliphatic heterocycles. The molecule has 2 aliphatic rings. The molecule has 1 aromatic heterocycles. The van der Waals surface area contributed by atoms with Crippen LogP contribution in [0, 0.1) is 12.7 Å². The van der Waals surface area contributed by atoms with E-state index in [2.05, 4.69) is 20.3 Å². The third kappa shape index (κ3) is 2.69. The predicted octanol–water partition coefficient (Wildman–Crippen LogP) is 1.82. The summed E-state index contributed by atoms with van der Waals surface area (Å²) in [5.74, 6) is -0.104. The third-order valence-corrected chi connectivity index (χ3v) is 4.90. The van der Waals surface area contributed by atoms with Crippen molar-refractivity contribution in [2.45, 2.75) is 44.7 Å². The highest BCUT2D eigenvalue weighted by molar-refractivity contribution is 6.05. The molecule has 1 fully saturated rings. The fourth-order valence-corrected chi connectivity index (χ4v) is 3.76. The van der Waals surface area contributed by atoms with E-state index in [9.17, 15) is 0 Å². The molecule has 0 unspecified atom stereocenters. The van der Waals surface area contributed by atoms with Crippen molar-refractivity contribution in [3.8, 4) is 5.69 Å². The van der Waals surface area contributed by atoms with Crippen molar-refractivity contribution in [3.05, 3.63) is 35.9 Å². The molecule has 0 amide bonds. The number of halogens is 1. The molecule has 0 atom stereocenters. The van der Waals surface area contributed by atoms with E-state index < -0.39 is 11.5 Å². The van der Waals surface area contributed by atoms with Crippen LogP contribution in [-0.4, -0.2) is 32.6 Å². The lowest BCUT2D eigenvalue weighted by Gasteiger charge is -2.45. The lowest BCUT2D eigenvalue weighted by atomic mass is 9.87. The second-order valence-electron chi connectivity index (χ2n) is 6.76. The Kier molecular flexibility index (Phi) is 3.86. The molecule has 1 aromatic carbocycles. The van der Waals surface area contributed by atoms with E-state index in [1.807, 2.05) is 6.92 Å². The molecule has 8 nitrogen and oxygen atoms in total. The van der Waals surface area contributed by atoms with Crippen LogP contribution in [0.2, 0.25) is 0 Å². The van der Waals surface area contributed by atoms with Crippen LogP contribution in [0.1, 0.15) is 37.8 Å². The van der Waals surface area contributed by atoms with Crippen molar-refractivity contribution in [1.29, 1.82) is 0 Å². The van der Waals surface area contributed by atoms with Gasteiger partial charge in [0.15, 0.2) is 0 Å². The summed E-state index contributed by atoms with van der Waals surface area (Å²) in [5, 5.41) is 7.91. The molecule has 1 spiro atoms. The Balaban J connectivity index is 1.76. The summed E-state index contributed by atoms with van der Waals surface area (Å²) in [6.45, 7) is 1.83. The van der Waals surface area contributed by atoms with Crippen LogP contribution in [0.3, 0.4) is 0 Å². The van der Waals surface area contributed by atoms with Gasteiger partial charge in [0.2, 0.25) is 11.9 Å². The maximum Gasteiger partial charge on any atom is 0.220 e. The van der Waals surface area contributed by atoms with Crippen molar-refractivity contribution in [1.82, 2.24) is 15.0 Å². The number of hydrogen-bond donors (Lipinski definition) is 2. The molecule has 0 radical (unpaired) electrons. The zero-order chi connectivity index (χ0) is 18.3. The first-order valence-electron chi connectivity index (χ1n) is 8.67. The smallest absolute Gasteiger partial charge is 0.220 e. The van der Waals surface area contributed by atoms with Gasteiger partial charge < -0.3 is 11.5 Å². The van der Waals surface area contributed by atoms with Crippen LogP contribution < -0.4 is 16.4 Å². The first-order valence-corrected chi connectivity index (χ1v) is 8.67. The standard InChI is InChI=1S/C17H21FN8/c1-11-10-25(24-23-11)12-5-6-14(13(18)9-12)26-16(20)21-15(19)22-17(26)7-3-2-4-8-17/h5-6,9-10H,2-4,7-8H2,1H3,(H4,19,20,21,22). The van der Waals surface area contributed by atoms with E-state index in [0.29, 0.717) is 11.4 Å². The van der Waals surface area contributed by atoms with Crippen molar-refractivity contribution in [3.63, 3.8) is 0 Å². The number of aromatic nitrogens is 3. The maximum atomic E-state index is 15.0. The van der Waals surface area contributed by atoms with E-state index in [-0.39, 0.29) is 11.9 Å². The Bertz CT molecular complexity index is 894. The zero-order valence-electron chi connectivity index (χ0n) is 14.6. The van der Waals surface area contributed by atoms with Crippen molar-refractivity contribution in [2.24, 2.45) is 21.5 Å². The molecule has 0 saturated heterocycles. The lowest BCUT2D eigenvalue weighted by molar-refractivity contribution is 0.304. The Morgan fingerprint density at radius 3 is 2.58 bits per heavy atom. The molecule has 2 heterocycles. The molecule has 1 aliphatic carbocycles. The summed E-state index contributed by atoms with van der Waals surface area (Å²) in [6, 6.07) is 4.87. The second-order valence-corrected chi connectivity index (χ2v) is 6.76.